The van der Waals surface area contributed by atoms with Crippen LogP contribution in [0.1, 0.15) is 40.0 Å². The van der Waals surface area contributed by atoms with Crippen LogP contribution in [0.15, 0.2) is 4.99 Å². The zero-order valence-corrected chi connectivity index (χ0v) is 8.95. The first kappa shape index (κ1) is 9.88. The van der Waals surface area contributed by atoms with Crippen molar-refractivity contribution in [1.29, 1.82) is 0 Å². The molecule has 0 bridgehead atoms. The van der Waals surface area contributed by atoms with Crippen LogP contribution in [0.2, 0.25) is 0 Å². The van der Waals surface area contributed by atoms with Crippen LogP contribution in [0.25, 0.3) is 0 Å². The van der Waals surface area contributed by atoms with Crippen molar-refractivity contribution in [3.8, 4) is 0 Å². The summed E-state index contributed by atoms with van der Waals surface area (Å²) < 4.78 is 0. The van der Waals surface area contributed by atoms with Crippen molar-refractivity contribution in [2.75, 3.05) is 0 Å². The van der Waals surface area contributed by atoms with Crippen LogP contribution >= 0.6 is 12.2 Å². The van der Waals surface area contributed by atoms with Crippen molar-refractivity contribution < 1.29 is 0 Å². The van der Waals surface area contributed by atoms with Gasteiger partial charge in [0.1, 0.15) is 0 Å². The molecule has 0 amide bonds. The SMILES string of the molecule is C[C@H]1C[C@@H](N=C=S)CC(C)(C)C1. The highest BCUT2D eigenvalue weighted by Crippen LogP contribution is 2.39. The van der Waals surface area contributed by atoms with Gasteiger partial charge in [-0.15, -0.1) is 0 Å². The van der Waals surface area contributed by atoms with E-state index in [9.17, 15) is 0 Å². The maximum absolute atomic E-state index is 4.63. The van der Waals surface area contributed by atoms with Gasteiger partial charge in [-0.05, 0) is 42.8 Å². The van der Waals surface area contributed by atoms with Crippen molar-refractivity contribution in [1.82, 2.24) is 0 Å². The second-order valence-electron chi connectivity index (χ2n) is 4.79. The molecule has 0 radical (unpaired) electrons. The third-order valence-corrected chi connectivity index (χ3v) is 2.70. The molecule has 0 unspecified atom stereocenters. The van der Waals surface area contributed by atoms with Gasteiger partial charge in [0.25, 0.3) is 0 Å². The number of isothiocyanates is 1. The topological polar surface area (TPSA) is 12.4 Å². The Morgan fingerprint density at radius 2 is 2.08 bits per heavy atom. The van der Waals surface area contributed by atoms with E-state index >= 15 is 0 Å². The van der Waals surface area contributed by atoms with Gasteiger partial charge < -0.3 is 0 Å². The van der Waals surface area contributed by atoms with Crippen LogP contribution in [0.3, 0.4) is 0 Å². The van der Waals surface area contributed by atoms with E-state index in [1.165, 1.54) is 19.3 Å². The Hall–Kier alpha value is -0.200. The molecule has 1 aliphatic rings. The van der Waals surface area contributed by atoms with Crippen molar-refractivity contribution >= 4 is 17.4 Å². The molecule has 12 heavy (non-hydrogen) atoms. The number of rotatable bonds is 1. The molecule has 0 aromatic heterocycles. The molecule has 0 aromatic rings. The molecular weight excluding hydrogens is 166 g/mol. The van der Waals surface area contributed by atoms with Gasteiger partial charge in [0.2, 0.25) is 0 Å². The molecule has 1 fully saturated rings. The monoisotopic (exact) mass is 183 g/mol. The lowest BCUT2D eigenvalue weighted by molar-refractivity contribution is 0.171. The van der Waals surface area contributed by atoms with Gasteiger partial charge in [-0.2, -0.15) is 0 Å². The first-order valence-electron chi connectivity index (χ1n) is 4.60. The Balaban J connectivity index is 2.63. The van der Waals surface area contributed by atoms with E-state index in [0.29, 0.717) is 11.5 Å². The second kappa shape index (κ2) is 3.68. The molecule has 0 saturated heterocycles. The van der Waals surface area contributed by atoms with Crippen molar-refractivity contribution in [3.63, 3.8) is 0 Å². The van der Waals surface area contributed by atoms with Crippen LogP contribution in [-0.2, 0) is 0 Å². The first-order valence-corrected chi connectivity index (χ1v) is 5.01. The van der Waals surface area contributed by atoms with Gasteiger partial charge in [0.15, 0.2) is 0 Å². The summed E-state index contributed by atoms with van der Waals surface area (Å²) in [6, 6.07) is 0.432. The average Bonchev–Trinajstić information content (AvgIpc) is 1.82. The quantitative estimate of drug-likeness (QED) is 0.449. The molecule has 1 nitrogen and oxygen atoms in total. The Kier molecular flexibility index (Phi) is 3.03. The number of hydrogen-bond donors (Lipinski definition) is 0. The van der Waals surface area contributed by atoms with E-state index < -0.39 is 0 Å². The Morgan fingerprint density at radius 1 is 1.42 bits per heavy atom. The minimum Gasteiger partial charge on any atom is -0.229 e. The van der Waals surface area contributed by atoms with E-state index in [4.69, 9.17) is 0 Å². The number of thiocarbonyl (C=S) groups is 1. The zero-order chi connectivity index (χ0) is 9.19. The molecule has 0 N–H and O–H groups in total. The van der Waals surface area contributed by atoms with Gasteiger partial charge in [0.05, 0.1) is 11.2 Å². The molecule has 0 heterocycles. The van der Waals surface area contributed by atoms with Gasteiger partial charge in [-0.3, -0.25) is 0 Å². The molecular formula is C10H17NS. The highest BCUT2D eigenvalue weighted by Gasteiger charge is 2.31. The minimum absolute atomic E-state index is 0.432. The highest BCUT2D eigenvalue weighted by atomic mass is 32.1. The summed E-state index contributed by atoms with van der Waals surface area (Å²) in [4.78, 5) is 4.19. The minimum atomic E-state index is 0.432. The molecule has 1 saturated carbocycles. The van der Waals surface area contributed by atoms with Crippen molar-refractivity contribution in [2.45, 2.75) is 46.1 Å². The fraction of sp³-hybridized carbons (Fsp3) is 0.900. The molecule has 0 aliphatic heterocycles. The predicted molar refractivity (Wildman–Crippen MR) is 55.6 cm³/mol. The van der Waals surface area contributed by atoms with Crippen LogP contribution in [0, 0.1) is 11.3 Å². The molecule has 2 heteroatoms. The fourth-order valence-corrected chi connectivity index (χ4v) is 2.62. The number of hydrogen-bond acceptors (Lipinski definition) is 2. The maximum Gasteiger partial charge on any atom is 0.0610 e. The molecule has 68 valence electrons. The van der Waals surface area contributed by atoms with E-state index in [1.54, 1.807) is 0 Å². The van der Waals surface area contributed by atoms with Gasteiger partial charge in [0, 0.05) is 0 Å². The Morgan fingerprint density at radius 3 is 2.58 bits per heavy atom. The van der Waals surface area contributed by atoms with Gasteiger partial charge in [-0.1, -0.05) is 20.8 Å². The second-order valence-corrected chi connectivity index (χ2v) is 4.97. The molecule has 0 aromatic carbocycles. The third-order valence-electron chi connectivity index (χ3n) is 2.60. The lowest BCUT2D eigenvalue weighted by atomic mass is 9.71. The lowest BCUT2D eigenvalue weighted by Crippen LogP contribution is -2.29. The van der Waals surface area contributed by atoms with E-state index in [2.05, 4.69) is 43.1 Å². The van der Waals surface area contributed by atoms with E-state index in [0.717, 1.165) is 5.92 Å². The standard InChI is InChI=1S/C10H17NS/c1-8-4-9(11-7-12)6-10(2,3)5-8/h8-9H,4-6H2,1-3H3/t8-,9+/m0/s1. The van der Waals surface area contributed by atoms with Crippen LogP contribution in [-0.4, -0.2) is 11.2 Å². The molecule has 1 aliphatic carbocycles. The first-order chi connectivity index (χ1) is 5.53. The Labute approximate surface area is 80.3 Å². The Bertz CT molecular complexity index is 204. The summed E-state index contributed by atoms with van der Waals surface area (Å²) in [5.74, 6) is 0.783. The largest absolute Gasteiger partial charge is 0.229 e. The van der Waals surface area contributed by atoms with E-state index in [1.807, 2.05) is 0 Å². The molecule has 1 rings (SSSR count). The fourth-order valence-electron chi connectivity index (χ4n) is 2.47. The van der Waals surface area contributed by atoms with Crippen LogP contribution in [0.4, 0.5) is 0 Å². The summed E-state index contributed by atoms with van der Waals surface area (Å²) in [6.45, 7) is 6.93. The average molecular weight is 183 g/mol. The zero-order valence-electron chi connectivity index (χ0n) is 8.13. The summed E-state index contributed by atoms with van der Waals surface area (Å²) in [5.41, 5.74) is 0.442. The third kappa shape index (κ3) is 2.69. The summed E-state index contributed by atoms with van der Waals surface area (Å²) >= 11 is 4.63. The summed E-state index contributed by atoms with van der Waals surface area (Å²) in [7, 11) is 0. The number of aliphatic imine (C=N–C) groups is 1. The normalized spacial score (nSPS) is 33.9. The maximum atomic E-state index is 4.63. The predicted octanol–water partition coefficient (Wildman–Crippen LogP) is 3.30. The van der Waals surface area contributed by atoms with Crippen LogP contribution in [0.5, 0.6) is 0 Å². The van der Waals surface area contributed by atoms with Crippen molar-refractivity contribution in [2.24, 2.45) is 16.3 Å². The molecule has 0 spiro atoms. The van der Waals surface area contributed by atoms with Gasteiger partial charge in [-0.25, -0.2) is 4.99 Å². The smallest absolute Gasteiger partial charge is 0.0610 e. The summed E-state index contributed by atoms with van der Waals surface area (Å²) in [5, 5.41) is 2.50. The van der Waals surface area contributed by atoms with E-state index in [-0.39, 0.29) is 0 Å². The summed E-state index contributed by atoms with van der Waals surface area (Å²) in [6.07, 6.45) is 3.67. The van der Waals surface area contributed by atoms with Crippen molar-refractivity contribution in [3.05, 3.63) is 0 Å². The highest BCUT2D eigenvalue weighted by molar-refractivity contribution is 7.78. The van der Waals surface area contributed by atoms with Crippen LogP contribution < -0.4 is 0 Å². The van der Waals surface area contributed by atoms with Gasteiger partial charge >= 0.3 is 0 Å². The molecule has 2 atom stereocenters. The number of nitrogens with zero attached hydrogens (tertiary/aromatic N) is 1. The lowest BCUT2D eigenvalue weighted by Gasteiger charge is -2.36.